The molecule has 1 aliphatic heterocycles. The van der Waals surface area contributed by atoms with Crippen molar-refractivity contribution in [2.24, 2.45) is 0 Å². The number of amides is 1. The Labute approximate surface area is 186 Å². The van der Waals surface area contributed by atoms with Crippen molar-refractivity contribution in [3.8, 4) is 0 Å². The molecule has 1 N–H and O–H groups in total. The summed E-state index contributed by atoms with van der Waals surface area (Å²) in [5.74, 6) is -2.25. The van der Waals surface area contributed by atoms with Crippen molar-refractivity contribution < 1.29 is 23.5 Å². The summed E-state index contributed by atoms with van der Waals surface area (Å²) in [6.45, 7) is 0.804. The van der Waals surface area contributed by atoms with Gasteiger partial charge in [-0.15, -0.1) is 0 Å². The van der Waals surface area contributed by atoms with E-state index in [1.165, 1.54) is 29.2 Å². The molecule has 4 rings (SSSR count). The number of hydrogen-bond donors (Lipinski definition) is 1. The standard InChI is InChI=1S/C23H20BrFN2O4/c1-26(2)9-10-27-20(13-3-6-16(25)7-4-13)19(22(29)23(27)30)21(28)18-12-14-11-15(24)5-8-17(14)31-18/h3-8,11-12,20,29H,9-10H2,1-2H3. The number of benzene rings is 2. The van der Waals surface area contributed by atoms with Gasteiger partial charge >= 0.3 is 0 Å². The van der Waals surface area contributed by atoms with Gasteiger partial charge in [0, 0.05) is 22.9 Å². The van der Waals surface area contributed by atoms with Crippen molar-refractivity contribution in [1.29, 1.82) is 0 Å². The summed E-state index contributed by atoms with van der Waals surface area (Å²) in [4.78, 5) is 29.6. The molecule has 2 aromatic carbocycles. The molecular formula is C23H20BrFN2O4. The fourth-order valence-electron chi connectivity index (χ4n) is 3.67. The van der Waals surface area contributed by atoms with Crippen LogP contribution in [-0.2, 0) is 4.79 Å². The molecule has 0 spiro atoms. The van der Waals surface area contributed by atoms with E-state index in [-0.39, 0.29) is 17.9 Å². The minimum Gasteiger partial charge on any atom is -0.503 e. The van der Waals surface area contributed by atoms with Gasteiger partial charge in [0.1, 0.15) is 11.4 Å². The van der Waals surface area contributed by atoms with E-state index < -0.39 is 29.3 Å². The Bertz CT molecular complexity index is 1200. The second-order valence-corrected chi connectivity index (χ2v) is 8.56. The van der Waals surface area contributed by atoms with E-state index in [4.69, 9.17) is 4.42 Å². The molecular weight excluding hydrogens is 467 g/mol. The van der Waals surface area contributed by atoms with Crippen LogP contribution in [0.15, 0.2) is 68.8 Å². The second-order valence-electron chi connectivity index (χ2n) is 7.64. The number of aliphatic hydroxyl groups is 1. The van der Waals surface area contributed by atoms with E-state index in [0.29, 0.717) is 23.1 Å². The van der Waals surface area contributed by atoms with Gasteiger partial charge in [0.25, 0.3) is 5.91 Å². The van der Waals surface area contributed by atoms with Crippen LogP contribution in [0.4, 0.5) is 4.39 Å². The molecule has 31 heavy (non-hydrogen) atoms. The predicted octanol–water partition coefficient (Wildman–Crippen LogP) is 4.47. The van der Waals surface area contributed by atoms with E-state index >= 15 is 0 Å². The van der Waals surface area contributed by atoms with Crippen molar-refractivity contribution in [3.05, 3.63) is 81.5 Å². The van der Waals surface area contributed by atoms with Crippen LogP contribution in [0.5, 0.6) is 0 Å². The highest BCUT2D eigenvalue weighted by Gasteiger charge is 2.44. The number of likely N-dealkylation sites (N-methyl/N-ethyl adjacent to an activating group) is 1. The van der Waals surface area contributed by atoms with E-state index in [1.54, 1.807) is 18.2 Å². The lowest BCUT2D eigenvalue weighted by Gasteiger charge is -2.27. The van der Waals surface area contributed by atoms with Crippen LogP contribution in [0.25, 0.3) is 11.0 Å². The Balaban J connectivity index is 1.78. The fourth-order valence-corrected chi connectivity index (χ4v) is 4.05. The third-order valence-electron chi connectivity index (χ3n) is 5.22. The predicted molar refractivity (Wildman–Crippen MR) is 117 cm³/mol. The van der Waals surface area contributed by atoms with Gasteiger partial charge in [-0.25, -0.2) is 4.39 Å². The first-order valence-electron chi connectivity index (χ1n) is 9.64. The van der Waals surface area contributed by atoms with Gasteiger partial charge in [-0.3, -0.25) is 9.59 Å². The molecule has 0 aliphatic carbocycles. The van der Waals surface area contributed by atoms with E-state index in [1.807, 2.05) is 25.1 Å². The van der Waals surface area contributed by atoms with Crippen LogP contribution >= 0.6 is 15.9 Å². The van der Waals surface area contributed by atoms with Crippen LogP contribution in [0.2, 0.25) is 0 Å². The van der Waals surface area contributed by atoms with Gasteiger partial charge in [0.05, 0.1) is 11.6 Å². The molecule has 0 radical (unpaired) electrons. The van der Waals surface area contributed by atoms with E-state index in [9.17, 15) is 19.1 Å². The van der Waals surface area contributed by atoms with Crippen LogP contribution in [0, 0.1) is 5.82 Å². The number of rotatable bonds is 6. The molecule has 0 saturated heterocycles. The van der Waals surface area contributed by atoms with Gasteiger partial charge in [-0.05, 0) is 56.1 Å². The van der Waals surface area contributed by atoms with Crippen LogP contribution in [0.1, 0.15) is 22.2 Å². The topological polar surface area (TPSA) is 74.0 Å². The molecule has 1 aromatic heterocycles. The van der Waals surface area contributed by atoms with E-state index in [2.05, 4.69) is 15.9 Å². The monoisotopic (exact) mass is 486 g/mol. The van der Waals surface area contributed by atoms with Crippen molar-refractivity contribution in [1.82, 2.24) is 9.80 Å². The molecule has 3 aromatic rings. The Hall–Kier alpha value is -2.97. The van der Waals surface area contributed by atoms with Gasteiger partial charge in [-0.2, -0.15) is 0 Å². The van der Waals surface area contributed by atoms with Crippen LogP contribution in [0.3, 0.4) is 0 Å². The number of halogens is 2. The highest BCUT2D eigenvalue weighted by Crippen LogP contribution is 2.39. The molecule has 0 bridgehead atoms. The summed E-state index contributed by atoms with van der Waals surface area (Å²) in [5, 5.41) is 11.4. The zero-order chi connectivity index (χ0) is 22.3. The fraction of sp³-hybridized carbons (Fsp3) is 0.217. The lowest BCUT2D eigenvalue weighted by Crippen LogP contribution is -2.36. The maximum absolute atomic E-state index is 13.5. The number of carbonyl (C=O) groups is 2. The largest absolute Gasteiger partial charge is 0.503 e. The van der Waals surface area contributed by atoms with Gasteiger partial charge in [-0.1, -0.05) is 28.1 Å². The average molecular weight is 487 g/mol. The minimum absolute atomic E-state index is 0.0176. The molecule has 2 heterocycles. The normalized spacial score (nSPS) is 16.7. The molecule has 8 heteroatoms. The lowest BCUT2D eigenvalue weighted by atomic mass is 9.95. The molecule has 1 amide bonds. The SMILES string of the molecule is CN(C)CCN1C(=O)C(O)=C(C(=O)c2cc3cc(Br)ccc3o2)C1c1ccc(F)cc1. The number of nitrogens with zero attached hydrogens (tertiary/aromatic N) is 2. The Morgan fingerprint density at radius 3 is 2.58 bits per heavy atom. The van der Waals surface area contributed by atoms with Crippen molar-refractivity contribution >= 4 is 38.6 Å². The van der Waals surface area contributed by atoms with Crippen LogP contribution < -0.4 is 0 Å². The Morgan fingerprint density at radius 2 is 1.90 bits per heavy atom. The highest BCUT2D eigenvalue weighted by atomic mass is 79.9. The maximum atomic E-state index is 13.5. The Morgan fingerprint density at radius 1 is 1.19 bits per heavy atom. The first-order chi connectivity index (χ1) is 14.8. The van der Waals surface area contributed by atoms with Crippen molar-refractivity contribution in [2.45, 2.75) is 6.04 Å². The molecule has 1 unspecified atom stereocenters. The number of Topliss-reactive ketones (excluding diaryl/α,β-unsaturated/α-hetero) is 1. The number of carbonyl (C=O) groups excluding carboxylic acids is 2. The smallest absolute Gasteiger partial charge is 0.290 e. The van der Waals surface area contributed by atoms with E-state index in [0.717, 1.165) is 4.47 Å². The molecule has 0 fully saturated rings. The number of ketones is 1. The average Bonchev–Trinajstić information content (AvgIpc) is 3.25. The minimum atomic E-state index is -0.847. The third kappa shape index (κ3) is 4.00. The summed E-state index contributed by atoms with van der Waals surface area (Å²) in [7, 11) is 3.72. The summed E-state index contributed by atoms with van der Waals surface area (Å²) >= 11 is 3.38. The molecule has 0 saturated carbocycles. The zero-order valence-electron chi connectivity index (χ0n) is 16.9. The zero-order valence-corrected chi connectivity index (χ0v) is 18.5. The maximum Gasteiger partial charge on any atom is 0.290 e. The molecule has 1 atom stereocenters. The molecule has 6 nitrogen and oxygen atoms in total. The van der Waals surface area contributed by atoms with Gasteiger partial charge in [0.2, 0.25) is 5.78 Å². The van der Waals surface area contributed by atoms with Crippen molar-refractivity contribution in [3.63, 3.8) is 0 Å². The first kappa shape index (κ1) is 21.3. The van der Waals surface area contributed by atoms with Gasteiger partial charge < -0.3 is 19.3 Å². The quantitative estimate of drug-likeness (QED) is 0.520. The molecule has 160 valence electrons. The summed E-state index contributed by atoms with van der Waals surface area (Å²) in [5.41, 5.74) is 0.965. The number of aliphatic hydroxyl groups excluding tert-OH is 1. The highest BCUT2D eigenvalue weighted by molar-refractivity contribution is 9.10. The summed E-state index contributed by atoms with van der Waals surface area (Å²) in [6.07, 6.45) is 0. The van der Waals surface area contributed by atoms with Crippen LogP contribution in [-0.4, -0.2) is 53.8 Å². The number of furan rings is 1. The Kier molecular flexibility index (Phi) is 5.68. The summed E-state index contributed by atoms with van der Waals surface area (Å²) in [6, 6.07) is 11.6. The molecule has 1 aliphatic rings. The summed E-state index contributed by atoms with van der Waals surface area (Å²) < 4.78 is 20.0. The number of fused-ring (bicyclic) bond motifs is 1. The number of hydrogen-bond acceptors (Lipinski definition) is 5. The second kappa shape index (κ2) is 8.28. The third-order valence-corrected chi connectivity index (χ3v) is 5.72. The van der Waals surface area contributed by atoms with Crippen molar-refractivity contribution in [2.75, 3.05) is 27.2 Å². The van der Waals surface area contributed by atoms with Gasteiger partial charge in [0.15, 0.2) is 11.5 Å². The lowest BCUT2D eigenvalue weighted by molar-refractivity contribution is -0.129. The first-order valence-corrected chi connectivity index (χ1v) is 10.4.